The van der Waals surface area contributed by atoms with Crippen molar-refractivity contribution in [1.82, 2.24) is 4.57 Å². The van der Waals surface area contributed by atoms with E-state index in [4.69, 9.17) is 0 Å². The molecule has 0 amide bonds. The Hall–Kier alpha value is -2.58. The van der Waals surface area contributed by atoms with Gasteiger partial charge >= 0.3 is 0 Å². The maximum atomic E-state index is 2.57. The number of rotatable bonds is 4. The maximum Gasteiger partial charge on any atom is 0.174 e. The summed E-state index contributed by atoms with van der Waals surface area (Å²) >= 11 is 0. The average molecular weight is 403 g/mol. The van der Waals surface area contributed by atoms with Crippen LogP contribution in [-0.4, -0.2) is 4.57 Å². The van der Waals surface area contributed by atoms with E-state index < -0.39 is 0 Å². The number of fused-ring (bicyclic) bond motifs is 3. The molecule has 1 aliphatic carbocycles. The molecule has 1 aliphatic rings. The molecule has 0 unspecified atom stereocenters. The fraction of sp³-hybridized carbons (Fsp3) is 0.269. The Labute approximate surface area is 179 Å². The first-order valence-electron chi connectivity index (χ1n) is 10.4. The summed E-state index contributed by atoms with van der Waals surface area (Å²) in [5, 5.41) is 1.46. The highest BCUT2D eigenvalue weighted by Crippen LogP contribution is 2.32. The largest absolute Gasteiger partial charge is 1.00 e. The molecule has 0 saturated carbocycles. The van der Waals surface area contributed by atoms with Crippen LogP contribution in [0.15, 0.2) is 73.1 Å². The molecule has 2 aromatic carbocycles. The van der Waals surface area contributed by atoms with E-state index in [0.717, 1.165) is 13.1 Å². The van der Waals surface area contributed by atoms with Crippen molar-refractivity contribution in [2.24, 2.45) is 0 Å². The van der Waals surface area contributed by atoms with Crippen molar-refractivity contribution < 1.29 is 17.0 Å². The van der Waals surface area contributed by atoms with Crippen molar-refractivity contribution in [1.29, 1.82) is 0 Å². The van der Waals surface area contributed by atoms with Gasteiger partial charge in [-0.2, -0.15) is 0 Å². The van der Waals surface area contributed by atoms with Gasteiger partial charge in [-0.3, -0.25) is 0 Å². The lowest BCUT2D eigenvalue weighted by atomic mass is 9.95. The average Bonchev–Trinajstić information content (AvgIpc) is 3.04. The number of aromatic nitrogens is 2. The van der Waals surface area contributed by atoms with Crippen molar-refractivity contribution in [3.63, 3.8) is 0 Å². The topological polar surface area (TPSA) is 8.81 Å². The van der Waals surface area contributed by atoms with E-state index in [1.54, 1.807) is 11.3 Å². The molecule has 5 rings (SSSR count). The van der Waals surface area contributed by atoms with Crippen LogP contribution in [0.5, 0.6) is 0 Å². The van der Waals surface area contributed by atoms with Gasteiger partial charge in [-0.25, -0.2) is 4.57 Å². The molecule has 0 spiro atoms. The third-order valence-corrected chi connectivity index (χ3v) is 6.16. The van der Waals surface area contributed by atoms with Gasteiger partial charge in [0.1, 0.15) is 0 Å². The van der Waals surface area contributed by atoms with Crippen molar-refractivity contribution >= 4 is 10.9 Å². The van der Waals surface area contributed by atoms with Crippen LogP contribution in [0, 0.1) is 6.92 Å². The minimum atomic E-state index is 0. The Bertz CT molecular complexity index is 1140. The lowest BCUT2D eigenvalue weighted by Crippen LogP contribution is -3.00. The fourth-order valence-corrected chi connectivity index (χ4v) is 4.70. The number of pyridine rings is 1. The molecule has 4 aromatic rings. The number of aryl methyl sites for hydroxylation is 2. The van der Waals surface area contributed by atoms with Gasteiger partial charge in [-0.1, -0.05) is 42.5 Å². The Morgan fingerprint density at radius 1 is 0.897 bits per heavy atom. The van der Waals surface area contributed by atoms with Gasteiger partial charge < -0.3 is 17.0 Å². The molecule has 0 saturated heterocycles. The summed E-state index contributed by atoms with van der Waals surface area (Å²) in [7, 11) is 0. The molecule has 0 bridgehead atoms. The van der Waals surface area contributed by atoms with E-state index >= 15 is 0 Å². The highest BCUT2D eigenvalue weighted by atomic mass is 35.5. The van der Waals surface area contributed by atoms with Crippen LogP contribution >= 0.6 is 0 Å². The minimum absolute atomic E-state index is 0. The summed E-state index contributed by atoms with van der Waals surface area (Å²) in [6.45, 7) is 4.06. The van der Waals surface area contributed by atoms with Crippen LogP contribution in [0.1, 0.15) is 40.8 Å². The maximum absolute atomic E-state index is 2.57. The van der Waals surface area contributed by atoms with Crippen molar-refractivity contribution in [3.05, 3.63) is 101 Å². The van der Waals surface area contributed by atoms with Gasteiger partial charge in [0.15, 0.2) is 18.9 Å². The molecule has 2 nitrogen and oxygen atoms in total. The molecule has 0 atom stereocenters. The molecule has 0 radical (unpaired) electrons. The molecular formula is C26H27ClN2. The summed E-state index contributed by atoms with van der Waals surface area (Å²) in [5.74, 6) is 0. The Kier molecular flexibility index (Phi) is 5.73. The van der Waals surface area contributed by atoms with Crippen LogP contribution in [0.2, 0.25) is 0 Å². The summed E-state index contributed by atoms with van der Waals surface area (Å²) in [6.07, 6.45) is 9.56. The molecule has 0 N–H and O–H groups in total. The van der Waals surface area contributed by atoms with Crippen LogP contribution < -0.4 is 17.0 Å². The number of benzene rings is 2. The summed E-state index contributed by atoms with van der Waals surface area (Å²) in [5.41, 5.74) is 8.64. The normalized spacial score (nSPS) is 13.1. The second-order valence-corrected chi connectivity index (χ2v) is 8.05. The summed E-state index contributed by atoms with van der Waals surface area (Å²) in [4.78, 5) is 0. The first kappa shape index (κ1) is 19.7. The van der Waals surface area contributed by atoms with Gasteiger partial charge in [0, 0.05) is 33.8 Å². The number of para-hydroxylation sites is 1. The van der Waals surface area contributed by atoms with Gasteiger partial charge in [-0.15, -0.1) is 0 Å². The van der Waals surface area contributed by atoms with Crippen molar-refractivity contribution in [2.45, 2.75) is 45.7 Å². The highest BCUT2D eigenvalue weighted by Gasteiger charge is 2.20. The smallest absolute Gasteiger partial charge is 0.174 e. The van der Waals surface area contributed by atoms with E-state index in [2.05, 4.69) is 89.1 Å². The molecule has 0 aliphatic heterocycles. The first-order chi connectivity index (χ1) is 13.8. The van der Waals surface area contributed by atoms with Gasteiger partial charge in [0.25, 0.3) is 0 Å². The van der Waals surface area contributed by atoms with E-state index in [9.17, 15) is 0 Å². The molecular weight excluding hydrogens is 376 g/mol. The SMILES string of the molecule is Cc1ccccc1C[n+]1cccc(Cn2c3c(c4ccccc42)CCCC3)c1.[Cl-]. The molecule has 148 valence electrons. The predicted octanol–water partition coefficient (Wildman–Crippen LogP) is 2.22. The Morgan fingerprint density at radius 2 is 1.69 bits per heavy atom. The van der Waals surface area contributed by atoms with E-state index in [1.807, 2.05) is 0 Å². The second-order valence-electron chi connectivity index (χ2n) is 8.05. The molecule has 3 heteroatoms. The van der Waals surface area contributed by atoms with Crippen LogP contribution in [0.25, 0.3) is 10.9 Å². The van der Waals surface area contributed by atoms with Gasteiger partial charge in [-0.05, 0) is 55.9 Å². The highest BCUT2D eigenvalue weighted by molar-refractivity contribution is 5.86. The van der Waals surface area contributed by atoms with Crippen molar-refractivity contribution in [2.75, 3.05) is 0 Å². The van der Waals surface area contributed by atoms with Crippen LogP contribution in [-0.2, 0) is 25.9 Å². The number of hydrogen-bond acceptors (Lipinski definition) is 0. The van der Waals surface area contributed by atoms with Gasteiger partial charge in [0.2, 0.25) is 0 Å². The van der Waals surface area contributed by atoms with E-state index in [0.29, 0.717) is 0 Å². The zero-order valence-corrected chi connectivity index (χ0v) is 17.7. The lowest BCUT2D eigenvalue weighted by Gasteiger charge is -2.16. The number of halogens is 1. The Balaban J connectivity index is 0.00000205. The van der Waals surface area contributed by atoms with Crippen LogP contribution in [0.3, 0.4) is 0 Å². The zero-order chi connectivity index (χ0) is 18.9. The minimum Gasteiger partial charge on any atom is -1.00 e. The molecule has 0 fully saturated rings. The molecule has 2 heterocycles. The monoisotopic (exact) mass is 402 g/mol. The molecule has 29 heavy (non-hydrogen) atoms. The van der Waals surface area contributed by atoms with Crippen LogP contribution in [0.4, 0.5) is 0 Å². The van der Waals surface area contributed by atoms with E-state index in [1.165, 1.54) is 53.3 Å². The molecule has 2 aromatic heterocycles. The summed E-state index contributed by atoms with van der Waals surface area (Å²) in [6, 6.07) is 22.1. The zero-order valence-electron chi connectivity index (χ0n) is 16.9. The predicted molar refractivity (Wildman–Crippen MR) is 115 cm³/mol. The third-order valence-electron chi connectivity index (χ3n) is 6.16. The van der Waals surface area contributed by atoms with Crippen molar-refractivity contribution in [3.8, 4) is 0 Å². The van der Waals surface area contributed by atoms with E-state index in [-0.39, 0.29) is 12.4 Å². The Morgan fingerprint density at radius 3 is 2.59 bits per heavy atom. The fourth-order valence-electron chi connectivity index (χ4n) is 4.70. The third kappa shape index (κ3) is 3.82. The quantitative estimate of drug-likeness (QED) is 0.463. The first-order valence-corrected chi connectivity index (χ1v) is 10.4. The standard InChI is InChI=1S/C26H27N2.ClH/c1-20-9-2-3-11-22(20)19-27-16-8-10-21(17-27)18-28-25-14-6-4-12-23(25)24-13-5-7-15-26(24)28;/h2-4,6,8-12,14,16-17H,5,7,13,15,18-19H2,1H3;1H/q+1;/p-1. The lowest BCUT2D eigenvalue weighted by molar-refractivity contribution is -0.688. The van der Waals surface area contributed by atoms with Gasteiger partial charge in [0.05, 0.1) is 6.54 Å². The number of nitrogens with zero attached hydrogens (tertiary/aromatic N) is 2. The summed E-state index contributed by atoms with van der Waals surface area (Å²) < 4.78 is 4.88. The second kappa shape index (κ2) is 8.42. The number of hydrogen-bond donors (Lipinski definition) is 0.